The van der Waals surface area contributed by atoms with Gasteiger partial charge in [0.25, 0.3) is 0 Å². The molecule has 5 heteroatoms. The normalized spacial score (nSPS) is 14.6. The Morgan fingerprint density at radius 1 is 0.482 bits per heavy atom. The smallest absolute Gasteiger partial charge is 0.247 e. The highest BCUT2D eigenvalue weighted by molar-refractivity contribution is 8.01. The number of rotatable bonds is 2. The van der Waals surface area contributed by atoms with Gasteiger partial charge in [-0.25, -0.2) is 0 Å². The van der Waals surface area contributed by atoms with Gasteiger partial charge >= 0.3 is 0 Å². The van der Waals surface area contributed by atoms with E-state index < -0.39 is 0 Å². The molecule has 0 spiro atoms. The Morgan fingerprint density at radius 2 is 1.02 bits per heavy atom. The van der Waals surface area contributed by atoms with Crippen molar-refractivity contribution in [1.82, 2.24) is 9.13 Å². The highest BCUT2D eigenvalue weighted by Gasteiger charge is 2.42. The van der Waals surface area contributed by atoms with Crippen molar-refractivity contribution in [3.8, 4) is 22.5 Å². The van der Waals surface area contributed by atoms with Gasteiger partial charge in [0, 0.05) is 63.5 Å². The maximum absolute atomic E-state index is 2.63. The largest absolute Gasteiger partial charge is 0.309 e. The number of benzene rings is 8. The summed E-state index contributed by atoms with van der Waals surface area (Å²) in [6.45, 7) is 5.10. The second-order valence-electron chi connectivity index (χ2n) is 16.0. The van der Waals surface area contributed by atoms with Crippen molar-refractivity contribution in [2.24, 2.45) is 0 Å². The first-order valence-corrected chi connectivity index (χ1v) is 21.1. The number of hydrogen-bond acceptors (Lipinski definition) is 2. The van der Waals surface area contributed by atoms with Crippen LogP contribution < -0.4 is 16.4 Å². The lowest BCUT2D eigenvalue weighted by Gasteiger charge is -2.33. The maximum Gasteiger partial charge on any atom is 0.247 e. The lowest BCUT2D eigenvalue weighted by Crippen LogP contribution is -2.58. The fourth-order valence-corrected chi connectivity index (χ4v) is 13.1. The SMILES string of the molecule is CC1(C)c2ccccc2-c2c1c1c3ccccc3n(-c3cc4c5c(c3)Sc3ccccc3B5c3ccccc3S4)c1c1c3ccccc3n(-c3ccccc3)c21. The van der Waals surface area contributed by atoms with E-state index in [4.69, 9.17) is 0 Å². The summed E-state index contributed by atoms with van der Waals surface area (Å²) >= 11 is 3.87. The quantitative estimate of drug-likeness (QED) is 0.163. The summed E-state index contributed by atoms with van der Waals surface area (Å²) in [5, 5.41) is 5.25. The van der Waals surface area contributed by atoms with E-state index in [0.717, 1.165) is 0 Å². The lowest BCUT2D eigenvalue weighted by atomic mass is 9.36. The third kappa shape index (κ3) is 3.92. The highest BCUT2D eigenvalue weighted by atomic mass is 32.2. The van der Waals surface area contributed by atoms with Crippen LogP contribution in [0.25, 0.3) is 66.1 Å². The minimum Gasteiger partial charge on any atom is -0.309 e. The lowest BCUT2D eigenvalue weighted by molar-refractivity contribution is 0.667. The molecule has 0 saturated carbocycles. The minimum absolute atomic E-state index is 0.222. The Bertz CT molecular complexity index is 3280. The standard InChI is InChI=1S/C51H33BN2S2/c1-51(2)35-21-9-6-18-32(35)44-47(51)45-33-19-7-12-24-38(33)54(50(45)46-34-20-8-13-25-39(34)53(49(44)46)30-16-4-3-5-17-30)31-28-42-48-43(29-31)56-41-27-15-11-23-37(41)52(48)36-22-10-14-26-40(36)55-42/h3-29H,1-2H3. The van der Waals surface area contributed by atoms with Crippen LogP contribution in [0.15, 0.2) is 183 Å². The van der Waals surface area contributed by atoms with Gasteiger partial charge in [0.05, 0.1) is 22.1 Å². The molecular formula is C51H33BN2S2. The van der Waals surface area contributed by atoms with E-state index in [9.17, 15) is 0 Å². The van der Waals surface area contributed by atoms with E-state index in [1.54, 1.807) is 0 Å². The van der Waals surface area contributed by atoms with Gasteiger partial charge in [-0.2, -0.15) is 0 Å². The molecule has 8 aromatic carbocycles. The van der Waals surface area contributed by atoms with Crippen LogP contribution in [0.2, 0.25) is 0 Å². The molecule has 10 aromatic rings. The summed E-state index contributed by atoms with van der Waals surface area (Å²) in [6, 6.07) is 61.5. The first-order valence-electron chi connectivity index (χ1n) is 19.5. The predicted molar refractivity (Wildman–Crippen MR) is 238 cm³/mol. The molecule has 262 valence electrons. The van der Waals surface area contributed by atoms with E-state index in [2.05, 4.69) is 187 Å². The molecule has 0 saturated heterocycles. The zero-order valence-electron chi connectivity index (χ0n) is 30.9. The molecule has 2 aliphatic heterocycles. The van der Waals surface area contributed by atoms with Crippen molar-refractivity contribution in [1.29, 1.82) is 0 Å². The fraction of sp³-hybridized carbons (Fsp3) is 0.0588. The molecule has 0 bridgehead atoms. The Hall–Kier alpha value is -5.88. The van der Waals surface area contributed by atoms with Gasteiger partial charge < -0.3 is 9.13 Å². The van der Waals surface area contributed by atoms with Crippen LogP contribution in [-0.2, 0) is 5.41 Å². The van der Waals surface area contributed by atoms with Crippen LogP contribution in [0.4, 0.5) is 0 Å². The van der Waals surface area contributed by atoms with E-state index in [1.807, 2.05) is 23.5 Å². The molecule has 2 nitrogen and oxygen atoms in total. The van der Waals surface area contributed by atoms with Crippen LogP contribution >= 0.6 is 23.5 Å². The predicted octanol–water partition coefficient (Wildman–Crippen LogP) is 11.6. The van der Waals surface area contributed by atoms with E-state index in [-0.39, 0.29) is 12.1 Å². The van der Waals surface area contributed by atoms with Crippen molar-refractivity contribution >= 4 is 90.2 Å². The monoisotopic (exact) mass is 748 g/mol. The Balaban J connectivity index is 1.24. The zero-order valence-corrected chi connectivity index (χ0v) is 32.5. The topological polar surface area (TPSA) is 9.86 Å². The molecule has 13 rings (SSSR count). The van der Waals surface area contributed by atoms with E-state index in [0.29, 0.717) is 0 Å². The third-order valence-corrected chi connectivity index (χ3v) is 15.1. The van der Waals surface area contributed by atoms with Gasteiger partial charge in [-0.1, -0.05) is 164 Å². The third-order valence-electron chi connectivity index (χ3n) is 12.8. The first-order chi connectivity index (χ1) is 27.6. The molecule has 3 aliphatic rings. The summed E-state index contributed by atoms with van der Waals surface area (Å²) in [5.74, 6) is 0. The Kier molecular flexibility index (Phi) is 6.23. The molecule has 0 fully saturated rings. The van der Waals surface area contributed by atoms with Crippen LogP contribution in [-0.4, -0.2) is 15.8 Å². The molecule has 2 aromatic heterocycles. The second-order valence-corrected chi connectivity index (χ2v) is 18.1. The highest BCUT2D eigenvalue weighted by Crippen LogP contribution is 2.58. The van der Waals surface area contributed by atoms with E-state index >= 15 is 0 Å². The molecular weight excluding hydrogens is 716 g/mol. The average Bonchev–Trinajstić information content (AvgIpc) is 3.84. The summed E-state index contributed by atoms with van der Waals surface area (Å²) < 4.78 is 5.17. The van der Waals surface area contributed by atoms with Gasteiger partial charge in [-0.3, -0.25) is 0 Å². The summed E-state index contributed by atoms with van der Waals surface area (Å²) in [4.78, 5) is 5.40. The van der Waals surface area contributed by atoms with Crippen LogP contribution in [0.3, 0.4) is 0 Å². The van der Waals surface area contributed by atoms with Gasteiger partial charge in [-0.05, 0) is 70.7 Å². The number of para-hydroxylation sites is 3. The maximum atomic E-state index is 2.63. The van der Waals surface area contributed by atoms with Gasteiger partial charge in [-0.15, -0.1) is 0 Å². The molecule has 0 radical (unpaired) electrons. The van der Waals surface area contributed by atoms with Gasteiger partial charge in [0.1, 0.15) is 0 Å². The molecule has 0 N–H and O–H groups in total. The molecule has 1 aliphatic carbocycles. The molecule has 4 heterocycles. The number of nitrogens with zero attached hydrogens (tertiary/aromatic N) is 2. The van der Waals surface area contributed by atoms with Crippen molar-refractivity contribution in [2.45, 2.75) is 38.8 Å². The average molecular weight is 749 g/mol. The molecule has 0 unspecified atom stereocenters. The van der Waals surface area contributed by atoms with Crippen molar-refractivity contribution in [3.63, 3.8) is 0 Å². The van der Waals surface area contributed by atoms with Crippen LogP contribution in [0, 0.1) is 0 Å². The first kappa shape index (κ1) is 31.3. The zero-order chi connectivity index (χ0) is 36.9. The fourth-order valence-electron chi connectivity index (χ4n) is 10.6. The summed E-state index contributed by atoms with van der Waals surface area (Å²) in [7, 11) is 0. The molecule has 0 atom stereocenters. The number of aromatic nitrogens is 2. The minimum atomic E-state index is -0.223. The van der Waals surface area contributed by atoms with Crippen LogP contribution in [0.5, 0.6) is 0 Å². The van der Waals surface area contributed by atoms with Crippen molar-refractivity contribution in [2.75, 3.05) is 0 Å². The van der Waals surface area contributed by atoms with Gasteiger partial charge in [0.15, 0.2) is 0 Å². The Labute approximate surface area is 333 Å². The van der Waals surface area contributed by atoms with Gasteiger partial charge in [0.2, 0.25) is 6.71 Å². The number of fused-ring (bicyclic) bond motifs is 16. The van der Waals surface area contributed by atoms with Crippen molar-refractivity contribution in [3.05, 3.63) is 175 Å². The number of hydrogen-bond donors (Lipinski definition) is 0. The molecule has 0 amide bonds. The second kappa shape index (κ2) is 11.1. The van der Waals surface area contributed by atoms with E-state index in [1.165, 1.54) is 113 Å². The van der Waals surface area contributed by atoms with Crippen LogP contribution in [0.1, 0.15) is 25.0 Å². The molecule has 56 heavy (non-hydrogen) atoms. The summed E-state index contributed by atoms with van der Waals surface area (Å²) in [6.07, 6.45) is 0. The summed E-state index contributed by atoms with van der Waals surface area (Å²) in [5.41, 5.74) is 17.0. The Morgan fingerprint density at radius 3 is 1.70 bits per heavy atom. The van der Waals surface area contributed by atoms with Crippen molar-refractivity contribution < 1.29 is 0 Å².